The van der Waals surface area contributed by atoms with E-state index >= 15 is 0 Å². The van der Waals surface area contributed by atoms with Crippen molar-refractivity contribution < 1.29 is 17.9 Å². The molecule has 1 amide bonds. The van der Waals surface area contributed by atoms with Gasteiger partial charge in [-0.1, -0.05) is 66.0 Å². The van der Waals surface area contributed by atoms with Crippen LogP contribution in [0.5, 0.6) is 0 Å². The summed E-state index contributed by atoms with van der Waals surface area (Å²) < 4.78 is 34.0. The molecule has 2 aromatic carbocycles. The van der Waals surface area contributed by atoms with Gasteiger partial charge in [0.15, 0.2) is 0 Å². The van der Waals surface area contributed by atoms with Gasteiger partial charge in [-0.2, -0.15) is 4.31 Å². The Balaban J connectivity index is 1.26. The zero-order valence-electron chi connectivity index (χ0n) is 22.7. The molecule has 2 atom stereocenters. The van der Waals surface area contributed by atoms with Crippen LogP contribution < -0.4 is 5.32 Å². The van der Waals surface area contributed by atoms with Gasteiger partial charge in [0, 0.05) is 24.7 Å². The predicted molar refractivity (Wildman–Crippen MR) is 156 cm³/mol. The van der Waals surface area contributed by atoms with Crippen LogP contribution in [0.3, 0.4) is 0 Å². The molecule has 0 radical (unpaired) electrons. The lowest BCUT2D eigenvalue weighted by atomic mass is 9.78. The summed E-state index contributed by atoms with van der Waals surface area (Å²) in [6, 6.07) is 15.4. The molecule has 2 aromatic rings. The van der Waals surface area contributed by atoms with Crippen molar-refractivity contribution in [3.8, 4) is 0 Å². The van der Waals surface area contributed by atoms with Gasteiger partial charge in [-0.3, -0.25) is 4.79 Å². The minimum absolute atomic E-state index is 0.000632. The van der Waals surface area contributed by atoms with Crippen molar-refractivity contribution in [2.45, 2.75) is 68.0 Å². The van der Waals surface area contributed by atoms with Crippen LogP contribution in [0, 0.1) is 5.92 Å². The summed E-state index contributed by atoms with van der Waals surface area (Å²) in [4.78, 5) is 15.0. The Morgan fingerprint density at radius 3 is 2.44 bits per heavy atom. The van der Waals surface area contributed by atoms with E-state index in [-0.39, 0.29) is 46.1 Å². The van der Waals surface area contributed by atoms with Crippen LogP contribution in [0.25, 0.3) is 0 Å². The lowest BCUT2D eigenvalue weighted by Gasteiger charge is -2.37. The van der Waals surface area contributed by atoms with Crippen molar-refractivity contribution in [2.24, 2.45) is 5.92 Å². The van der Waals surface area contributed by atoms with Gasteiger partial charge in [0.1, 0.15) is 11.5 Å². The van der Waals surface area contributed by atoms with Gasteiger partial charge in [0.05, 0.1) is 16.7 Å². The van der Waals surface area contributed by atoms with Crippen LogP contribution in [0.4, 0.5) is 0 Å². The average Bonchev–Trinajstić information content (AvgIpc) is 2.92. The van der Waals surface area contributed by atoms with Crippen molar-refractivity contribution in [1.29, 1.82) is 0 Å². The molecular weight excluding hydrogens is 557 g/mol. The van der Waals surface area contributed by atoms with Crippen LogP contribution in [-0.4, -0.2) is 69.5 Å². The topological polar surface area (TPSA) is 79.0 Å². The standard InChI is InChI=1S/C29H39Cl2N3O4S/c1-33(2)29(21-9-4-3-5-10-21)22-14-16-23(17-15-22)32-27(35)20-38-19-24-11-6-7-18-34(24)39(36,37)26-13-8-12-25(30)28(26)31/h3-5,8-10,12-13,22-24,29H,6-7,11,14-20H2,1-2H3,(H,32,35). The fourth-order valence-electron chi connectivity index (χ4n) is 6.05. The maximum Gasteiger partial charge on any atom is 0.246 e. The van der Waals surface area contributed by atoms with Gasteiger partial charge in [-0.05, 0) is 76.2 Å². The second-order valence-electron chi connectivity index (χ2n) is 10.8. The highest BCUT2D eigenvalue weighted by Crippen LogP contribution is 2.37. The summed E-state index contributed by atoms with van der Waals surface area (Å²) in [6.07, 6.45) is 6.28. The number of carbonyl (C=O) groups excluding carboxylic acids is 1. The third-order valence-corrected chi connectivity index (χ3v) is 10.8. The molecule has 1 saturated carbocycles. The first kappa shape index (κ1) is 30.3. The molecule has 7 nitrogen and oxygen atoms in total. The van der Waals surface area contributed by atoms with E-state index in [0.29, 0.717) is 24.9 Å². The van der Waals surface area contributed by atoms with Crippen LogP contribution >= 0.6 is 23.2 Å². The monoisotopic (exact) mass is 595 g/mol. The molecule has 2 unspecified atom stereocenters. The first-order valence-corrected chi connectivity index (χ1v) is 15.9. The summed E-state index contributed by atoms with van der Waals surface area (Å²) in [5.74, 6) is 0.382. The average molecular weight is 597 g/mol. The maximum absolute atomic E-state index is 13.4. The van der Waals surface area contributed by atoms with E-state index in [9.17, 15) is 13.2 Å². The van der Waals surface area contributed by atoms with Crippen molar-refractivity contribution in [2.75, 3.05) is 33.9 Å². The minimum atomic E-state index is -3.84. The summed E-state index contributed by atoms with van der Waals surface area (Å²) >= 11 is 12.3. The van der Waals surface area contributed by atoms with Gasteiger partial charge in [0.25, 0.3) is 0 Å². The van der Waals surface area contributed by atoms with Crippen molar-refractivity contribution in [3.05, 3.63) is 64.1 Å². The fraction of sp³-hybridized carbons (Fsp3) is 0.552. The number of nitrogens with one attached hydrogen (secondary N) is 1. The normalized spacial score (nSPS) is 23.5. The van der Waals surface area contributed by atoms with Crippen molar-refractivity contribution >= 4 is 39.1 Å². The molecule has 4 rings (SSSR count). The molecule has 1 heterocycles. The van der Waals surface area contributed by atoms with Crippen LogP contribution in [0.15, 0.2) is 53.4 Å². The number of carbonyl (C=O) groups is 1. The second-order valence-corrected chi connectivity index (χ2v) is 13.5. The zero-order chi connectivity index (χ0) is 28.0. The number of halogens is 2. The van der Waals surface area contributed by atoms with Crippen molar-refractivity contribution in [3.63, 3.8) is 0 Å². The molecule has 2 fully saturated rings. The molecule has 214 valence electrons. The van der Waals surface area contributed by atoms with Gasteiger partial charge in [0.2, 0.25) is 15.9 Å². The number of amides is 1. The van der Waals surface area contributed by atoms with Gasteiger partial charge in [-0.25, -0.2) is 8.42 Å². The van der Waals surface area contributed by atoms with Gasteiger partial charge >= 0.3 is 0 Å². The highest BCUT2D eigenvalue weighted by Gasteiger charge is 2.35. The molecule has 2 aliphatic rings. The summed E-state index contributed by atoms with van der Waals surface area (Å²) in [5, 5.41) is 3.35. The molecule has 1 aliphatic heterocycles. The van der Waals surface area contributed by atoms with E-state index in [1.807, 2.05) is 6.07 Å². The Labute approximate surface area is 242 Å². The molecule has 0 bridgehead atoms. The molecule has 0 spiro atoms. The Kier molecular flexibility index (Phi) is 10.7. The SMILES string of the molecule is CN(C)C(c1ccccc1)C1CCC(NC(=O)COCC2CCCCN2S(=O)(=O)c2cccc(Cl)c2Cl)CC1. The zero-order valence-corrected chi connectivity index (χ0v) is 25.0. The maximum atomic E-state index is 13.4. The van der Waals surface area contributed by atoms with E-state index in [2.05, 4.69) is 48.6 Å². The molecule has 10 heteroatoms. The summed E-state index contributed by atoms with van der Waals surface area (Å²) in [7, 11) is 0.417. The van der Waals surface area contributed by atoms with Crippen LogP contribution in [0.1, 0.15) is 56.6 Å². The number of benzene rings is 2. The Morgan fingerprint density at radius 2 is 1.74 bits per heavy atom. The molecular formula is C29H39Cl2N3O4S. The third-order valence-electron chi connectivity index (χ3n) is 7.90. The van der Waals surface area contributed by atoms with Gasteiger partial charge in [-0.15, -0.1) is 0 Å². The van der Waals surface area contributed by atoms with Gasteiger partial charge < -0.3 is 15.0 Å². The number of hydrogen-bond donors (Lipinski definition) is 1. The minimum Gasteiger partial charge on any atom is -0.370 e. The predicted octanol–water partition coefficient (Wildman–Crippen LogP) is 5.53. The number of rotatable bonds is 10. The highest BCUT2D eigenvalue weighted by atomic mass is 35.5. The van der Waals surface area contributed by atoms with E-state index in [0.717, 1.165) is 38.5 Å². The highest BCUT2D eigenvalue weighted by molar-refractivity contribution is 7.89. The fourth-order valence-corrected chi connectivity index (χ4v) is 8.46. The molecule has 1 saturated heterocycles. The molecule has 39 heavy (non-hydrogen) atoms. The van der Waals surface area contributed by atoms with E-state index in [1.54, 1.807) is 12.1 Å². The number of nitrogens with zero attached hydrogens (tertiary/aromatic N) is 2. The lowest BCUT2D eigenvalue weighted by Crippen LogP contribution is -2.47. The number of ether oxygens (including phenoxy) is 1. The molecule has 1 aliphatic carbocycles. The lowest BCUT2D eigenvalue weighted by molar-refractivity contribution is -0.127. The first-order valence-electron chi connectivity index (χ1n) is 13.7. The van der Waals surface area contributed by atoms with E-state index in [4.69, 9.17) is 27.9 Å². The molecule has 0 aromatic heterocycles. The Morgan fingerprint density at radius 1 is 1.03 bits per heavy atom. The van der Waals surface area contributed by atoms with E-state index < -0.39 is 10.0 Å². The van der Waals surface area contributed by atoms with Crippen LogP contribution in [-0.2, 0) is 19.6 Å². The Hall–Kier alpha value is -1.68. The number of hydrogen-bond acceptors (Lipinski definition) is 5. The quantitative estimate of drug-likeness (QED) is 0.390. The second kappa shape index (κ2) is 13.8. The summed E-state index contributed by atoms with van der Waals surface area (Å²) in [6.45, 7) is 0.442. The third kappa shape index (κ3) is 7.54. The van der Waals surface area contributed by atoms with Crippen LogP contribution in [0.2, 0.25) is 10.0 Å². The number of sulfonamides is 1. The largest absolute Gasteiger partial charge is 0.370 e. The smallest absolute Gasteiger partial charge is 0.246 e. The summed E-state index contributed by atoms with van der Waals surface area (Å²) in [5.41, 5.74) is 1.33. The first-order chi connectivity index (χ1) is 18.7. The molecule has 1 N–H and O–H groups in total. The number of piperidine rings is 1. The Bertz CT molecular complexity index is 1200. The van der Waals surface area contributed by atoms with E-state index in [1.165, 1.54) is 15.9 Å². The van der Waals surface area contributed by atoms with Crippen molar-refractivity contribution in [1.82, 2.24) is 14.5 Å².